The first-order valence-electron chi connectivity index (χ1n) is 5.81. The molecule has 0 aromatic heterocycles. The van der Waals surface area contributed by atoms with E-state index in [1.165, 1.54) is 23.9 Å². The Kier molecular flexibility index (Phi) is 4.46. The van der Waals surface area contributed by atoms with Gasteiger partial charge in [-0.15, -0.1) is 0 Å². The van der Waals surface area contributed by atoms with Crippen molar-refractivity contribution in [3.8, 4) is 0 Å². The highest BCUT2D eigenvalue weighted by Crippen LogP contribution is 2.27. The number of hydrogen-bond donors (Lipinski definition) is 0. The summed E-state index contributed by atoms with van der Waals surface area (Å²) in [6.07, 6.45) is 8.73. The molecule has 0 aliphatic heterocycles. The van der Waals surface area contributed by atoms with Gasteiger partial charge in [0.1, 0.15) is 0 Å². The van der Waals surface area contributed by atoms with Crippen LogP contribution in [-0.2, 0) is 4.43 Å². The zero-order valence-electron chi connectivity index (χ0n) is 9.68. The van der Waals surface area contributed by atoms with Crippen LogP contribution in [0.25, 0.3) is 0 Å². The molecule has 0 fully saturated rings. The topological polar surface area (TPSA) is 9.23 Å². The molecule has 1 aliphatic carbocycles. The van der Waals surface area contributed by atoms with E-state index in [0.29, 0.717) is 0 Å². The third-order valence-electron chi connectivity index (χ3n) is 3.26. The van der Waals surface area contributed by atoms with E-state index in [-0.39, 0.29) is 0 Å². The second kappa shape index (κ2) is 5.40. The molecule has 0 spiro atoms. The summed E-state index contributed by atoms with van der Waals surface area (Å²) in [6.45, 7) is 6.83. The highest BCUT2D eigenvalue weighted by atomic mass is 28.4. The lowest BCUT2D eigenvalue weighted by Gasteiger charge is -2.30. The summed E-state index contributed by atoms with van der Waals surface area (Å²) in [4.78, 5) is 0. The zero-order valence-corrected chi connectivity index (χ0v) is 10.7. The summed E-state index contributed by atoms with van der Waals surface area (Å²) >= 11 is 0. The first kappa shape index (κ1) is 11.6. The van der Waals surface area contributed by atoms with Crippen LogP contribution in [0.3, 0.4) is 0 Å². The fourth-order valence-electron chi connectivity index (χ4n) is 1.91. The number of allylic oxidation sites excluding steroid dienone is 4. The fourth-order valence-corrected chi connectivity index (χ4v) is 4.57. The lowest BCUT2D eigenvalue weighted by molar-refractivity contribution is 0.383. The van der Waals surface area contributed by atoms with E-state index in [9.17, 15) is 0 Å². The van der Waals surface area contributed by atoms with E-state index in [1.54, 1.807) is 0 Å². The third kappa shape index (κ3) is 2.74. The molecule has 1 rings (SSSR count). The summed E-state index contributed by atoms with van der Waals surface area (Å²) in [7, 11) is -1.41. The Labute approximate surface area is 89.0 Å². The van der Waals surface area contributed by atoms with Crippen molar-refractivity contribution in [2.75, 3.05) is 0 Å². The first-order valence-corrected chi connectivity index (χ1v) is 8.34. The smallest absolute Gasteiger partial charge is 0.250 e. The molecule has 0 bridgehead atoms. The summed E-state index contributed by atoms with van der Waals surface area (Å²) in [6, 6.07) is 3.71. The van der Waals surface area contributed by atoms with Crippen LogP contribution in [0.5, 0.6) is 0 Å². The van der Waals surface area contributed by atoms with Crippen molar-refractivity contribution in [3.63, 3.8) is 0 Å². The SMILES string of the molecule is CC[Si](CC)(CC)OC1=CC=CCC1. The quantitative estimate of drug-likeness (QED) is 0.617. The maximum atomic E-state index is 6.28. The van der Waals surface area contributed by atoms with Crippen molar-refractivity contribution in [1.29, 1.82) is 0 Å². The van der Waals surface area contributed by atoms with Crippen LogP contribution in [0.15, 0.2) is 24.0 Å². The van der Waals surface area contributed by atoms with Gasteiger partial charge in [-0.05, 0) is 30.6 Å². The van der Waals surface area contributed by atoms with Crippen LogP contribution < -0.4 is 0 Å². The standard InChI is InChI=1S/C12H22OSi/c1-4-14(5-2,6-3)13-12-10-8-7-9-11-12/h7-8,10H,4-6,9,11H2,1-3H3. The van der Waals surface area contributed by atoms with Crippen molar-refractivity contribution >= 4 is 8.32 Å². The van der Waals surface area contributed by atoms with Crippen molar-refractivity contribution in [3.05, 3.63) is 24.0 Å². The maximum absolute atomic E-state index is 6.28. The lowest BCUT2D eigenvalue weighted by Crippen LogP contribution is -2.35. The number of rotatable bonds is 5. The van der Waals surface area contributed by atoms with Crippen LogP contribution in [0.2, 0.25) is 18.1 Å². The van der Waals surface area contributed by atoms with E-state index in [4.69, 9.17) is 4.43 Å². The van der Waals surface area contributed by atoms with Gasteiger partial charge < -0.3 is 4.43 Å². The van der Waals surface area contributed by atoms with Gasteiger partial charge in [-0.3, -0.25) is 0 Å². The molecule has 1 aliphatic rings. The molecule has 1 nitrogen and oxygen atoms in total. The summed E-state index contributed by atoms with van der Waals surface area (Å²) < 4.78 is 6.28. The zero-order chi connectivity index (χ0) is 10.4. The molecule has 0 N–H and O–H groups in total. The summed E-state index contributed by atoms with van der Waals surface area (Å²) in [5.41, 5.74) is 0. The van der Waals surface area contributed by atoms with Crippen LogP contribution >= 0.6 is 0 Å². The van der Waals surface area contributed by atoms with Crippen LogP contribution in [0.1, 0.15) is 33.6 Å². The number of hydrogen-bond acceptors (Lipinski definition) is 1. The van der Waals surface area contributed by atoms with Gasteiger partial charge in [0.25, 0.3) is 0 Å². The maximum Gasteiger partial charge on any atom is 0.250 e. The molecule has 0 saturated carbocycles. The Bertz CT molecular complexity index is 218. The molecule has 0 saturated heterocycles. The Balaban J connectivity index is 2.62. The van der Waals surface area contributed by atoms with E-state index in [1.807, 2.05) is 0 Å². The Morgan fingerprint density at radius 3 is 2.29 bits per heavy atom. The Hall–Kier alpha value is -0.503. The van der Waals surface area contributed by atoms with Gasteiger partial charge in [-0.25, -0.2) is 0 Å². The van der Waals surface area contributed by atoms with Gasteiger partial charge in [0, 0.05) is 6.42 Å². The average molecular weight is 210 g/mol. The van der Waals surface area contributed by atoms with E-state index in [2.05, 4.69) is 39.0 Å². The third-order valence-corrected chi connectivity index (χ3v) is 7.82. The van der Waals surface area contributed by atoms with Crippen LogP contribution in [-0.4, -0.2) is 8.32 Å². The minimum absolute atomic E-state index is 1.10. The van der Waals surface area contributed by atoms with Crippen molar-refractivity contribution in [2.24, 2.45) is 0 Å². The van der Waals surface area contributed by atoms with Crippen molar-refractivity contribution in [1.82, 2.24) is 0 Å². The highest BCUT2D eigenvalue weighted by molar-refractivity contribution is 6.73. The molecule has 14 heavy (non-hydrogen) atoms. The molecule has 80 valence electrons. The molecule has 0 aromatic rings. The normalized spacial score (nSPS) is 16.6. The second-order valence-electron chi connectivity index (χ2n) is 3.95. The second-order valence-corrected chi connectivity index (χ2v) is 8.64. The Morgan fingerprint density at radius 2 is 1.86 bits per heavy atom. The van der Waals surface area contributed by atoms with Gasteiger partial charge in [0.2, 0.25) is 8.32 Å². The molecule has 2 heteroatoms. The van der Waals surface area contributed by atoms with Crippen molar-refractivity contribution < 1.29 is 4.43 Å². The van der Waals surface area contributed by atoms with Gasteiger partial charge >= 0.3 is 0 Å². The predicted molar refractivity (Wildman–Crippen MR) is 64.7 cm³/mol. The molecule has 0 unspecified atom stereocenters. The molecule has 0 atom stereocenters. The summed E-state index contributed by atoms with van der Waals surface area (Å²) in [5, 5.41) is 0. The summed E-state index contributed by atoms with van der Waals surface area (Å²) in [5.74, 6) is 1.23. The minimum Gasteiger partial charge on any atom is -0.547 e. The van der Waals surface area contributed by atoms with Gasteiger partial charge in [0.15, 0.2) is 0 Å². The van der Waals surface area contributed by atoms with Gasteiger partial charge in [-0.2, -0.15) is 0 Å². The minimum atomic E-state index is -1.41. The lowest BCUT2D eigenvalue weighted by atomic mass is 10.2. The Morgan fingerprint density at radius 1 is 1.21 bits per heavy atom. The average Bonchev–Trinajstić information content (AvgIpc) is 2.28. The van der Waals surface area contributed by atoms with E-state index in [0.717, 1.165) is 12.8 Å². The largest absolute Gasteiger partial charge is 0.547 e. The van der Waals surface area contributed by atoms with E-state index >= 15 is 0 Å². The molecule has 0 amide bonds. The van der Waals surface area contributed by atoms with Crippen LogP contribution in [0, 0.1) is 0 Å². The van der Waals surface area contributed by atoms with Crippen LogP contribution in [0.4, 0.5) is 0 Å². The molecule has 0 aromatic carbocycles. The van der Waals surface area contributed by atoms with E-state index < -0.39 is 8.32 Å². The molecular weight excluding hydrogens is 188 g/mol. The fraction of sp³-hybridized carbons (Fsp3) is 0.667. The monoisotopic (exact) mass is 210 g/mol. The predicted octanol–water partition coefficient (Wildman–Crippen LogP) is 4.24. The first-order chi connectivity index (χ1) is 6.76. The van der Waals surface area contributed by atoms with Gasteiger partial charge in [0.05, 0.1) is 5.76 Å². The van der Waals surface area contributed by atoms with Crippen molar-refractivity contribution in [2.45, 2.75) is 51.7 Å². The molecule has 0 radical (unpaired) electrons. The molecule has 0 heterocycles. The molecular formula is C12H22OSi. The highest BCUT2D eigenvalue weighted by Gasteiger charge is 2.31. The van der Waals surface area contributed by atoms with Gasteiger partial charge in [-0.1, -0.05) is 32.9 Å².